The number of hydrogen-bond donors (Lipinski definition) is 2. The minimum atomic E-state index is -1.84. The fraction of sp³-hybridized carbons (Fsp3) is 0.700. The Labute approximate surface area is 410 Å². The van der Waals surface area contributed by atoms with Gasteiger partial charge in [0, 0.05) is 63.3 Å². The van der Waals surface area contributed by atoms with E-state index >= 15 is 0 Å². The van der Waals surface area contributed by atoms with E-state index in [4.69, 9.17) is 35.3 Å². The van der Waals surface area contributed by atoms with Crippen LogP contribution in [0.2, 0.25) is 5.02 Å². The Morgan fingerprint density at radius 3 is 2.39 bits per heavy atom. The monoisotopic (exact) mass is 991 g/mol. The summed E-state index contributed by atoms with van der Waals surface area (Å²) >= 11 is 6.82. The molecule has 14 nitrogen and oxygen atoms in total. The lowest BCUT2D eigenvalue weighted by Crippen LogP contribution is -2.63. The third-order valence-corrected chi connectivity index (χ3v) is 17.4. The zero-order valence-electron chi connectivity index (χ0n) is 40.9. The number of carbonyl (C=O) groups excluding carboxylic acids is 5. The number of aliphatic hydroxyl groups is 1. The SMILES string of the molecule is COc1cc2cc(c1Cl)N(C)C(=O)C[C@@H](OC(=O)[C@@H](C)N(C)C(=O)CCSSC(C)CCC(=O)C1CCCCCCCCC1)[C@@]1(C)O[C@@H]1[C@@H](C)[C@H]1C[C@](O)(NC(=O)O1)[C@@H](OC)/C=C/C=C(\C)C2. The number of anilines is 1. The molecule has 0 radical (unpaired) electrons. The number of rotatable bonds is 14. The number of nitrogens with zero attached hydrogens (tertiary/aromatic N) is 2. The highest BCUT2D eigenvalue weighted by Crippen LogP contribution is 2.49. The van der Waals surface area contributed by atoms with Crippen molar-refractivity contribution in [2.24, 2.45) is 11.8 Å². The van der Waals surface area contributed by atoms with Crippen molar-refractivity contribution in [1.82, 2.24) is 10.2 Å². The molecule has 1 aromatic carbocycles. The lowest BCUT2D eigenvalue weighted by molar-refractivity contribution is -0.162. The van der Waals surface area contributed by atoms with E-state index in [-0.39, 0.29) is 41.4 Å². The molecular weight excluding hydrogens is 918 g/mol. The maximum atomic E-state index is 14.3. The summed E-state index contributed by atoms with van der Waals surface area (Å²) in [5.41, 5.74) is -0.957. The molecule has 4 bridgehead atoms. The number of amides is 3. The molecule has 1 aliphatic carbocycles. The van der Waals surface area contributed by atoms with Gasteiger partial charge >= 0.3 is 12.1 Å². The lowest BCUT2D eigenvalue weighted by Gasteiger charge is -2.42. The van der Waals surface area contributed by atoms with Crippen LogP contribution in [0.1, 0.15) is 130 Å². The zero-order chi connectivity index (χ0) is 49.1. The summed E-state index contributed by atoms with van der Waals surface area (Å²) in [7, 11) is 9.33. The average molecular weight is 993 g/mol. The summed E-state index contributed by atoms with van der Waals surface area (Å²) in [6.07, 6.45) is 13.0. The minimum Gasteiger partial charge on any atom is -0.495 e. The summed E-state index contributed by atoms with van der Waals surface area (Å²) in [4.78, 5) is 70.7. The second-order valence-electron chi connectivity index (χ2n) is 19.1. The van der Waals surface area contributed by atoms with Crippen LogP contribution in [0.15, 0.2) is 35.9 Å². The predicted octanol–water partition coefficient (Wildman–Crippen LogP) is 9.16. The Bertz CT molecular complexity index is 1960. The number of fused-ring (bicyclic) bond motifs is 5. The number of alkyl carbamates (subject to hydrolysis) is 1. The average Bonchev–Trinajstić information content (AvgIpc) is 4.00. The lowest BCUT2D eigenvalue weighted by atomic mass is 9.83. The molecule has 3 amide bonds. The number of esters is 1. The zero-order valence-corrected chi connectivity index (χ0v) is 43.3. The molecule has 3 heterocycles. The number of methoxy groups -OCH3 is 2. The minimum absolute atomic E-state index is 0.0582. The van der Waals surface area contributed by atoms with Crippen molar-refractivity contribution >= 4 is 68.5 Å². The van der Waals surface area contributed by atoms with Crippen molar-refractivity contribution in [1.29, 1.82) is 0 Å². The van der Waals surface area contributed by atoms with Gasteiger partial charge in [-0.3, -0.25) is 19.7 Å². The van der Waals surface area contributed by atoms with Crippen LogP contribution >= 0.6 is 33.2 Å². The van der Waals surface area contributed by atoms with Crippen LogP contribution in [0.5, 0.6) is 5.75 Å². The first kappa shape index (κ1) is 54.7. The van der Waals surface area contributed by atoms with E-state index in [1.165, 1.54) is 56.1 Å². The van der Waals surface area contributed by atoms with Gasteiger partial charge in [-0.25, -0.2) is 9.59 Å². The maximum absolute atomic E-state index is 14.3. The number of carbonyl (C=O) groups is 5. The molecule has 4 aliphatic rings. The fourth-order valence-electron chi connectivity index (χ4n) is 9.42. The number of epoxide rings is 1. The number of benzene rings is 1. The molecule has 3 fully saturated rings. The molecule has 3 aliphatic heterocycles. The second-order valence-corrected chi connectivity index (χ2v) is 22.4. The van der Waals surface area contributed by atoms with E-state index < -0.39 is 65.7 Å². The topological polar surface area (TPSA) is 174 Å². The first-order valence-corrected chi connectivity index (χ1v) is 26.7. The molecule has 1 unspecified atom stereocenters. The van der Waals surface area contributed by atoms with Crippen LogP contribution in [0.25, 0.3) is 0 Å². The van der Waals surface area contributed by atoms with Gasteiger partial charge in [0.2, 0.25) is 11.8 Å². The first-order chi connectivity index (χ1) is 31.8. The highest BCUT2D eigenvalue weighted by molar-refractivity contribution is 8.76. The Morgan fingerprint density at radius 2 is 1.73 bits per heavy atom. The number of allylic oxidation sites excluding steroid dienone is 3. The van der Waals surface area contributed by atoms with Crippen molar-refractivity contribution in [2.45, 2.75) is 178 Å². The largest absolute Gasteiger partial charge is 0.495 e. The number of halogens is 1. The fourth-order valence-corrected chi connectivity index (χ4v) is 12.1. The van der Waals surface area contributed by atoms with Gasteiger partial charge in [0.05, 0.1) is 25.3 Å². The molecule has 2 N–H and O–H groups in total. The molecule has 1 aromatic rings. The molecule has 5 rings (SSSR count). The highest BCUT2D eigenvalue weighted by atomic mass is 35.5. The van der Waals surface area contributed by atoms with Crippen LogP contribution < -0.4 is 15.0 Å². The Balaban J connectivity index is 1.27. The normalized spacial score (nSPS) is 30.0. The molecule has 0 aromatic heterocycles. The Kier molecular flexibility index (Phi) is 20.4. The summed E-state index contributed by atoms with van der Waals surface area (Å²) in [6.45, 7) is 9.17. The van der Waals surface area contributed by atoms with Crippen LogP contribution in [-0.2, 0) is 44.5 Å². The highest BCUT2D eigenvalue weighted by Gasteiger charge is 2.64. The number of likely N-dealkylation sites (N-methyl/N-ethyl adjacent to an activating group) is 1. The van der Waals surface area contributed by atoms with Gasteiger partial charge in [-0.1, -0.05) is 116 Å². The predicted molar refractivity (Wildman–Crippen MR) is 264 cm³/mol. The number of Topliss-reactive ketones (excluding diaryl/α,β-unsaturated/α-hetero) is 1. The summed E-state index contributed by atoms with van der Waals surface area (Å²) in [5, 5.41) is 14.8. The smallest absolute Gasteiger partial charge is 0.409 e. The molecular formula is C50H74ClN3O11S2. The van der Waals surface area contributed by atoms with Crippen LogP contribution in [0, 0.1) is 11.8 Å². The third-order valence-electron chi connectivity index (χ3n) is 14.0. The quantitative estimate of drug-likeness (QED) is 0.0783. The van der Waals surface area contributed by atoms with Gasteiger partial charge in [0.15, 0.2) is 5.72 Å². The Hall–Kier alpha value is -3.28. The van der Waals surface area contributed by atoms with Gasteiger partial charge in [-0.15, -0.1) is 0 Å². The van der Waals surface area contributed by atoms with Crippen LogP contribution in [-0.4, -0.2) is 121 Å². The van der Waals surface area contributed by atoms with E-state index in [2.05, 4.69) is 12.2 Å². The Morgan fingerprint density at radius 1 is 1.06 bits per heavy atom. The molecule has 9 atom stereocenters. The van der Waals surface area contributed by atoms with Crippen LogP contribution in [0.3, 0.4) is 0 Å². The molecule has 2 saturated heterocycles. The summed E-state index contributed by atoms with van der Waals surface area (Å²) in [5.74, 6) is -0.480. The van der Waals surface area contributed by atoms with Crippen LogP contribution in [0.4, 0.5) is 10.5 Å². The van der Waals surface area contributed by atoms with Crippen molar-refractivity contribution in [3.8, 4) is 5.75 Å². The maximum Gasteiger partial charge on any atom is 0.409 e. The van der Waals surface area contributed by atoms with Gasteiger partial charge in [0.25, 0.3) is 0 Å². The first-order valence-electron chi connectivity index (χ1n) is 24.0. The molecule has 17 heteroatoms. The number of hydrogen-bond acceptors (Lipinski definition) is 13. The molecule has 1 saturated carbocycles. The van der Waals surface area contributed by atoms with Gasteiger partial charge in [0.1, 0.15) is 46.5 Å². The van der Waals surface area contributed by atoms with Gasteiger partial charge < -0.3 is 38.6 Å². The third kappa shape index (κ3) is 14.6. The van der Waals surface area contributed by atoms with Crippen molar-refractivity contribution in [3.05, 3.63) is 46.5 Å². The number of nitrogens with one attached hydrogen (secondary N) is 1. The van der Waals surface area contributed by atoms with Gasteiger partial charge in [-0.05, 0) is 64.2 Å². The van der Waals surface area contributed by atoms with Crippen molar-refractivity contribution in [2.75, 3.05) is 39.0 Å². The molecule has 0 spiro atoms. The van der Waals surface area contributed by atoms with Crippen molar-refractivity contribution < 1.29 is 52.8 Å². The van der Waals surface area contributed by atoms with E-state index in [9.17, 15) is 29.1 Å². The van der Waals surface area contributed by atoms with E-state index in [1.54, 1.807) is 73.8 Å². The molecule has 374 valence electrons. The summed E-state index contributed by atoms with van der Waals surface area (Å²) in [6, 6.07) is 2.59. The second kappa shape index (κ2) is 25.0. The van der Waals surface area contributed by atoms with E-state index in [1.807, 2.05) is 19.9 Å². The van der Waals surface area contributed by atoms with Gasteiger partial charge in [-0.2, -0.15) is 0 Å². The van der Waals surface area contributed by atoms with E-state index in [0.717, 1.165) is 43.2 Å². The standard InChI is InChI=1S/C50H74ClN3O11S2/c1-31-18-17-21-41(62-9)50(60)30-40(63-48(59)52-50)33(3)46-49(5,65-46)42(29-44(57)54(7)37-27-35(26-31)28-39(61-8)45(37)51)64-47(58)34(4)53(6)43(56)24-25-66-67-32(2)22-23-38(55)36-19-15-13-11-10-12-14-16-20-36/h17-18,21,27-28,32-34,36,40-42,46,60H,10-16,19-20,22-26,29-30H2,1-9H3,(H,52,59)/b21-17+,31-18+/t32?,33-,34+,40+,41-,42+,46+,49+,50+/m0/s1. The molecule has 67 heavy (non-hydrogen) atoms. The number of ether oxygens (including phenoxy) is 5. The summed E-state index contributed by atoms with van der Waals surface area (Å²) < 4.78 is 29.5. The number of ketones is 1. The van der Waals surface area contributed by atoms with E-state index in [0.29, 0.717) is 35.8 Å². The van der Waals surface area contributed by atoms with Crippen molar-refractivity contribution in [3.63, 3.8) is 0 Å².